The number of carboxylic acid groups (broad SMARTS) is 1. The first-order valence-corrected chi connectivity index (χ1v) is 10.2. The Hall–Kier alpha value is -4.78. The Labute approximate surface area is 189 Å². The number of carboxylic acids is 1. The molecule has 0 aliphatic rings. The average Bonchev–Trinajstić information content (AvgIpc) is 2.89. The Balaban J connectivity index is 1.51. The van der Waals surface area contributed by atoms with Gasteiger partial charge in [0.25, 0.3) is 0 Å². The molecule has 5 rings (SSSR count). The Kier molecular flexibility index (Phi) is 5.35. The van der Waals surface area contributed by atoms with Crippen molar-refractivity contribution < 1.29 is 9.90 Å². The molecule has 0 aliphatic carbocycles. The van der Waals surface area contributed by atoms with Crippen LogP contribution in [0.3, 0.4) is 0 Å². The van der Waals surface area contributed by atoms with Gasteiger partial charge in [-0.15, -0.1) is 0 Å². The number of aromatic carboxylic acids is 1. The van der Waals surface area contributed by atoms with Gasteiger partial charge in [0.15, 0.2) is 0 Å². The molecule has 33 heavy (non-hydrogen) atoms. The molecule has 5 aromatic heterocycles. The molecule has 158 valence electrons. The standard InChI is InChI=1S/C26H17N5O2/c32-26(33)19-13-24(22-9-7-17(15-29-22)20-5-1-3-11-27-20)31-25(14-19)23-10-8-18(16-30-23)21-6-2-4-12-28-21/h1-16H,(H,32,33). The van der Waals surface area contributed by atoms with Gasteiger partial charge in [0, 0.05) is 35.9 Å². The third kappa shape index (κ3) is 4.33. The number of nitrogens with zero attached hydrogens (tertiary/aromatic N) is 5. The van der Waals surface area contributed by atoms with Crippen molar-refractivity contribution in [2.24, 2.45) is 0 Å². The van der Waals surface area contributed by atoms with Crippen LogP contribution < -0.4 is 0 Å². The van der Waals surface area contributed by atoms with Gasteiger partial charge in [-0.05, 0) is 60.7 Å². The lowest BCUT2D eigenvalue weighted by Crippen LogP contribution is -2.01. The van der Waals surface area contributed by atoms with Crippen molar-refractivity contribution in [2.75, 3.05) is 0 Å². The summed E-state index contributed by atoms with van der Waals surface area (Å²) in [6.45, 7) is 0. The van der Waals surface area contributed by atoms with Gasteiger partial charge in [-0.25, -0.2) is 9.78 Å². The van der Waals surface area contributed by atoms with Gasteiger partial charge in [-0.1, -0.05) is 12.1 Å². The van der Waals surface area contributed by atoms with Gasteiger partial charge in [-0.3, -0.25) is 19.9 Å². The van der Waals surface area contributed by atoms with E-state index in [1.54, 1.807) is 36.9 Å². The van der Waals surface area contributed by atoms with Crippen LogP contribution in [0.2, 0.25) is 0 Å². The lowest BCUT2D eigenvalue weighted by molar-refractivity contribution is 0.0697. The van der Waals surface area contributed by atoms with Crippen LogP contribution in [0.4, 0.5) is 0 Å². The van der Waals surface area contributed by atoms with Crippen molar-refractivity contribution in [3.8, 4) is 45.3 Å². The predicted molar refractivity (Wildman–Crippen MR) is 124 cm³/mol. The zero-order valence-electron chi connectivity index (χ0n) is 17.3. The highest BCUT2D eigenvalue weighted by molar-refractivity contribution is 5.90. The molecule has 7 heteroatoms. The highest BCUT2D eigenvalue weighted by Crippen LogP contribution is 2.26. The number of aromatic nitrogens is 5. The predicted octanol–water partition coefficient (Wildman–Crippen LogP) is 5.03. The van der Waals surface area contributed by atoms with E-state index >= 15 is 0 Å². The number of rotatable bonds is 5. The molecular weight excluding hydrogens is 414 g/mol. The van der Waals surface area contributed by atoms with Crippen LogP contribution in [-0.4, -0.2) is 36.0 Å². The zero-order valence-corrected chi connectivity index (χ0v) is 17.3. The number of hydrogen-bond acceptors (Lipinski definition) is 6. The Bertz CT molecular complexity index is 1300. The van der Waals surface area contributed by atoms with Gasteiger partial charge >= 0.3 is 5.97 Å². The molecule has 0 bridgehead atoms. The largest absolute Gasteiger partial charge is 0.478 e. The maximum Gasteiger partial charge on any atom is 0.335 e. The molecule has 0 saturated carbocycles. The molecular formula is C26H17N5O2. The summed E-state index contributed by atoms with van der Waals surface area (Å²) >= 11 is 0. The fourth-order valence-corrected chi connectivity index (χ4v) is 3.38. The molecule has 0 amide bonds. The summed E-state index contributed by atoms with van der Waals surface area (Å²) in [6, 6.07) is 21.7. The van der Waals surface area contributed by atoms with E-state index in [9.17, 15) is 9.90 Å². The highest BCUT2D eigenvalue weighted by Gasteiger charge is 2.13. The van der Waals surface area contributed by atoms with Crippen molar-refractivity contribution in [3.05, 3.63) is 103 Å². The molecule has 0 spiro atoms. The average molecular weight is 431 g/mol. The van der Waals surface area contributed by atoms with Gasteiger partial charge in [0.2, 0.25) is 0 Å². The third-order valence-electron chi connectivity index (χ3n) is 5.05. The summed E-state index contributed by atoms with van der Waals surface area (Å²) in [5.41, 5.74) is 5.47. The second kappa shape index (κ2) is 8.76. The number of pyridine rings is 5. The molecule has 0 aromatic carbocycles. The van der Waals surface area contributed by atoms with Crippen LogP contribution in [0.5, 0.6) is 0 Å². The van der Waals surface area contributed by atoms with Gasteiger partial charge < -0.3 is 5.11 Å². The highest BCUT2D eigenvalue weighted by atomic mass is 16.4. The molecule has 0 radical (unpaired) electrons. The quantitative estimate of drug-likeness (QED) is 0.416. The fraction of sp³-hybridized carbons (Fsp3) is 0. The molecule has 5 heterocycles. The van der Waals surface area contributed by atoms with Crippen LogP contribution >= 0.6 is 0 Å². The molecule has 0 unspecified atom stereocenters. The molecule has 1 N–H and O–H groups in total. The van der Waals surface area contributed by atoms with E-state index in [0.29, 0.717) is 22.8 Å². The first kappa shape index (κ1) is 20.1. The smallest absolute Gasteiger partial charge is 0.335 e. The van der Waals surface area contributed by atoms with E-state index in [1.165, 1.54) is 12.1 Å². The Morgan fingerprint density at radius 2 is 1.09 bits per heavy atom. The molecule has 0 fully saturated rings. The number of carbonyl (C=O) groups is 1. The Morgan fingerprint density at radius 3 is 1.45 bits per heavy atom. The van der Waals surface area contributed by atoms with Crippen molar-refractivity contribution in [1.82, 2.24) is 24.9 Å². The van der Waals surface area contributed by atoms with Crippen molar-refractivity contribution in [1.29, 1.82) is 0 Å². The molecule has 7 nitrogen and oxygen atoms in total. The fourth-order valence-electron chi connectivity index (χ4n) is 3.38. The first-order chi connectivity index (χ1) is 16.2. The minimum absolute atomic E-state index is 0.112. The monoisotopic (exact) mass is 431 g/mol. The van der Waals surface area contributed by atoms with Crippen LogP contribution in [0.15, 0.2) is 97.6 Å². The van der Waals surface area contributed by atoms with Crippen LogP contribution in [0, 0.1) is 0 Å². The molecule has 0 aliphatic heterocycles. The summed E-state index contributed by atoms with van der Waals surface area (Å²) in [7, 11) is 0. The minimum Gasteiger partial charge on any atom is -0.478 e. The van der Waals surface area contributed by atoms with E-state index < -0.39 is 5.97 Å². The molecule has 5 aromatic rings. The van der Waals surface area contributed by atoms with Crippen molar-refractivity contribution >= 4 is 5.97 Å². The van der Waals surface area contributed by atoms with E-state index in [-0.39, 0.29) is 5.56 Å². The second-order valence-electron chi connectivity index (χ2n) is 7.23. The van der Waals surface area contributed by atoms with E-state index in [0.717, 1.165) is 22.5 Å². The Morgan fingerprint density at radius 1 is 0.576 bits per heavy atom. The third-order valence-corrected chi connectivity index (χ3v) is 5.05. The topological polar surface area (TPSA) is 102 Å². The lowest BCUT2D eigenvalue weighted by atomic mass is 10.1. The minimum atomic E-state index is -1.05. The molecule has 0 saturated heterocycles. The van der Waals surface area contributed by atoms with Crippen LogP contribution in [0.1, 0.15) is 10.4 Å². The van der Waals surface area contributed by atoms with E-state index in [4.69, 9.17) is 0 Å². The second-order valence-corrected chi connectivity index (χ2v) is 7.23. The SMILES string of the molecule is O=C(O)c1cc(-c2ccc(-c3ccccn3)cn2)nc(-c2ccc(-c3ccccn3)cn2)c1. The lowest BCUT2D eigenvalue weighted by Gasteiger charge is -2.08. The van der Waals surface area contributed by atoms with E-state index in [2.05, 4.69) is 24.9 Å². The van der Waals surface area contributed by atoms with Crippen molar-refractivity contribution in [2.45, 2.75) is 0 Å². The summed E-state index contributed by atoms with van der Waals surface area (Å²) in [4.78, 5) is 34.0. The summed E-state index contributed by atoms with van der Waals surface area (Å²) in [5, 5.41) is 9.63. The van der Waals surface area contributed by atoms with Gasteiger partial charge in [0.1, 0.15) is 0 Å². The molecule has 0 atom stereocenters. The number of hydrogen-bond donors (Lipinski definition) is 1. The summed E-state index contributed by atoms with van der Waals surface area (Å²) in [5.74, 6) is -1.05. The zero-order chi connectivity index (χ0) is 22.6. The van der Waals surface area contributed by atoms with Crippen LogP contribution in [-0.2, 0) is 0 Å². The maximum absolute atomic E-state index is 11.8. The summed E-state index contributed by atoms with van der Waals surface area (Å²) < 4.78 is 0. The normalized spacial score (nSPS) is 10.7. The summed E-state index contributed by atoms with van der Waals surface area (Å²) in [6.07, 6.45) is 6.85. The first-order valence-electron chi connectivity index (χ1n) is 10.2. The van der Waals surface area contributed by atoms with E-state index in [1.807, 2.05) is 48.5 Å². The van der Waals surface area contributed by atoms with Gasteiger partial charge in [-0.2, -0.15) is 0 Å². The maximum atomic E-state index is 11.8. The van der Waals surface area contributed by atoms with Gasteiger partial charge in [0.05, 0.1) is 39.7 Å². The van der Waals surface area contributed by atoms with Crippen molar-refractivity contribution in [3.63, 3.8) is 0 Å². The van der Waals surface area contributed by atoms with Crippen LogP contribution in [0.25, 0.3) is 45.3 Å².